The van der Waals surface area contributed by atoms with Crippen molar-refractivity contribution in [3.8, 4) is 11.5 Å². The second-order valence-electron chi connectivity index (χ2n) is 4.95. The molecule has 0 aromatic heterocycles. The minimum Gasteiger partial charge on any atom is -0.455 e. The van der Waals surface area contributed by atoms with Crippen LogP contribution in [-0.4, -0.2) is 6.04 Å². The maximum Gasteiger partial charge on any atom is 0.146 e. The molecule has 1 fully saturated rings. The molecule has 0 aliphatic heterocycles. The molecule has 104 valence electrons. The van der Waals surface area contributed by atoms with Crippen molar-refractivity contribution in [1.82, 2.24) is 5.32 Å². The molecule has 0 amide bonds. The summed E-state index contributed by atoms with van der Waals surface area (Å²) < 4.78 is 6.77. The summed E-state index contributed by atoms with van der Waals surface area (Å²) in [7, 11) is 0. The maximum atomic E-state index is 6.10. The van der Waals surface area contributed by atoms with Crippen LogP contribution >= 0.6 is 27.5 Å². The third-order valence-electron chi connectivity index (χ3n) is 3.23. The second kappa shape index (κ2) is 6.17. The molecular weight excluding hydrogens is 338 g/mol. The summed E-state index contributed by atoms with van der Waals surface area (Å²) in [5.41, 5.74) is 1.25. The number of hydrogen-bond donors (Lipinski definition) is 1. The van der Waals surface area contributed by atoms with E-state index in [1.807, 2.05) is 30.3 Å². The molecule has 0 saturated heterocycles. The molecule has 1 aliphatic rings. The molecule has 0 bridgehead atoms. The van der Waals surface area contributed by atoms with Crippen LogP contribution in [0.15, 0.2) is 46.9 Å². The number of ether oxygens (including phenoxy) is 1. The molecule has 2 aromatic rings. The summed E-state index contributed by atoms with van der Waals surface area (Å²) >= 11 is 9.65. The normalized spacial score (nSPS) is 14.3. The van der Waals surface area contributed by atoms with Gasteiger partial charge in [-0.05, 0) is 58.6 Å². The van der Waals surface area contributed by atoms with Crippen LogP contribution in [0.5, 0.6) is 11.5 Å². The Labute approximate surface area is 132 Å². The van der Waals surface area contributed by atoms with Gasteiger partial charge in [0, 0.05) is 12.6 Å². The van der Waals surface area contributed by atoms with Crippen LogP contribution in [0.3, 0.4) is 0 Å². The molecule has 20 heavy (non-hydrogen) atoms. The first-order valence-corrected chi connectivity index (χ1v) is 7.83. The fraction of sp³-hybridized carbons (Fsp3) is 0.250. The number of nitrogens with one attached hydrogen (secondary N) is 1. The number of para-hydroxylation sites is 1. The molecule has 2 nitrogen and oxygen atoms in total. The van der Waals surface area contributed by atoms with Gasteiger partial charge in [-0.25, -0.2) is 0 Å². The number of hydrogen-bond acceptors (Lipinski definition) is 2. The van der Waals surface area contributed by atoms with E-state index >= 15 is 0 Å². The Morgan fingerprint density at radius 2 is 1.95 bits per heavy atom. The van der Waals surface area contributed by atoms with Crippen LogP contribution in [0.4, 0.5) is 0 Å². The van der Waals surface area contributed by atoms with Gasteiger partial charge in [0.15, 0.2) is 0 Å². The highest BCUT2D eigenvalue weighted by Gasteiger charge is 2.20. The molecule has 0 atom stereocenters. The van der Waals surface area contributed by atoms with Crippen molar-refractivity contribution in [3.05, 3.63) is 57.5 Å². The van der Waals surface area contributed by atoms with E-state index in [-0.39, 0.29) is 0 Å². The van der Waals surface area contributed by atoms with Gasteiger partial charge in [-0.15, -0.1) is 0 Å². The van der Waals surface area contributed by atoms with Gasteiger partial charge in [0.05, 0.1) is 9.50 Å². The predicted molar refractivity (Wildman–Crippen MR) is 85.5 cm³/mol. The highest BCUT2D eigenvalue weighted by atomic mass is 79.9. The van der Waals surface area contributed by atoms with Crippen molar-refractivity contribution >= 4 is 27.5 Å². The zero-order valence-corrected chi connectivity index (χ0v) is 13.2. The predicted octanol–water partition coefficient (Wildman–Crippen LogP) is 5.15. The van der Waals surface area contributed by atoms with Crippen LogP contribution in [0.25, 0.3) is 0 Å². The van der Waals surface area contributed by atoms with Crippen molar-refractivity contribution in [2.75, 3.05) is 0 Å². The topological polar surface area (TPSA) is 21.3 Å². The van der Waals surface area contributed by atoms with E-state index in [4.69, 9.17) is 16.3 Å². The lowest BCUT2D eigenvalue weighted by Gasteiger charge is -2.11. The molecule has 0 heterocycles. The van der Waals surface area contributed by atoms with Crippen molar-refractivity contribution < 1.29 is 4.74 Å². The molecule has 1 aliphatic carbocycles. The Morgan fingerprint density at radius 3 is 2.65 bits per heavy atom. The van der Waals surface area contributed by atoms with Crippen LogP contribution in [0.1, 0.15) is 18.4 Å². The first-order chi connectivity index (χ1) is 9.72. The molecule has 2 aromatic carbocycles. The smallest absolute Gasteiger partial charge is 0.146 e. The highest BCUT2D eigenvalue weighted by molar-refractivity contribution is 9.10. The summed E-state index contributed by atoms with van der Waals surface area (Å²) in [5.74, 6) is 1.44. The van der Waals surface area contributed by atoms with Gasteiger partial charge >= 0.3 is 0 Å². The Hall–Kier alpha value is -1.03. The number of benzene rings is 2. The van der Waals surface area contributed by atoms with Crippen LogP contribution in [-0.2, 0) is 6.54 Å². The quantitative estimate of drug-likeness (QED) is 0.804. The third kappa shape index (κ3) is 3.54. The van der Waals surface area contributed by atoms with E-state index in [0.717, 1.165) is 16.8 Å². The molecule has 0 radical (unpaired) electrons. The lowest BCUT2D eigenvalue weighted by Crippen LogP contribution is -2.15. The van der Waals surface area contributed by atoms with Gasteiger partial charge in [0.2, 0.25) is 0 Å². The molecule has 1 N–H and O–H groups in total. The van der Waals surface area contributed by atoms with E-state index in [0.29, 0.717) is 16.8 Å². The minimum absolute atomic E-state index is 0.610. The minimum atomic E-state index is 0.610. The van der Waals surface area contributed by atoms with E-state index in [9.17, 15) is 0 Å². The Balaban J connectivity index is 1.71. The molecule has 0 unspecified atom stereocenters. The van der Waals surface area contributed by atoms with E-state index in [1.165, 1.54) is 18.4 Å². The van der Waals surface area contributed by atoms with Gasteiger partial charge in [-0.2, -0.15) is 0 Å². The summed E-state index contributed by atoms with van der Waals surface area (Å²) in [4.78, 5) is 0. The third-order valence-corrected chi connectivity index (χ3v) is 4.16. The van der Waals surface area contributed by atoms with Crippen LogP contribution in [0.2, 0.25) is 5.02 Å². The van der Waals surface area contributed by atoms with Gasteiger partial charge in [0.1, 0.15) is 11.5 Å². The van der Waals surface area contributed by atoms with Gasteiger partial charge in [0.25, 0.3) is 0 Å². The summed E-state index contributed by atoms with van der Waals surface area (Å²) in [5, 5.41) is 4.11. The first kappa shape index (κ1) is 13.9. The van der Waals surface area contributed by atoms with E-state index < -0.39 is 0 Å². The van der Waals surface area contributed by atoms with E-state index in [2.05, 4.69) is 33.4 Å². The standard InChI is InChI=1S/C16H15BrClNO/c17-13-9-11(10-19-12-6-7-12)5-8-15(13)20-16-4-2-1-3-14(16)18/h1-5,8-9,12,19H,6-7,10H2. The van der Waals surface area contributed by atoms with Gasteiger partial charge < -0.3 is 10.1 Å². The van der Waals surface area contributed by atoms with Gasteiger partial charge in [-0.1, -0.05) is 29.8 Å². The lowest BCUT2D eigenvalue weighted by atomic mass is 10.2. The fourth-order valence-corrected chi connectivity index (χ4v) is 2.61. The van der Waals surface area contributed by atoms with Crippen molar-refractivity contribution in [3.63, 3.8) is 0 Å². The van der Waals surface area contributed by atoms with Crippen molar-refractivity contribution in [2.45, 2.75) is 25.4 Å². The Bertz CT molecular complexity index is 613. The average Bonchev–Trinajstić information content (AvgIpc) is 3.26. The van der Waals surface area contributed by atoms with E-state index in [1.54, 1.807) is 0 Å². The molecular formula is C16H15BrClNO. The van der Waals surface area contributed by atoms with Crippen LogP contribution < -0.4 is 10.1 Å². The molecule has 0 spiro atoms. The monoisotopic (exact) mass is 351 g/mol. The zero-order chi connectivity index (χ0) is 13.9. The van der Waals surface area contributed by atoms with Gasteiger partial charge in [-0.3, -0.25) is 0 Å². The Morgan fingerprint density at radius 1 is 1.15 bits per heavy atom. The second-order valence-corrected chi connectivity index (χ2v) is 6.21. The largest absolute Gasteiger partial charge is 0.455 e. The molecule has 4 heteroatoms. The Kier molecular flexibility index (Phi) is 4.29. The highest BCUT2D eigenvalue weighted by Crippen LogP contribution is 2.34. The maximum absolute atomic E-state index is 6.10. The van der Waals surface area contributed by atoms with Crippen LogP contribution in [0, 0.1) is 0 Å². The summed E-state index contributed by atoms with van der Waals surface area (Å²) in [6.45, 7) is 0.898. The molecule has 3 rings (SSSR count). The number of rotatable bonds is 5. The van der Waals surface area contributed by atoms with Crippen molar-refractivity contribution in [1.29, 1.82) is 0 Å². The average molecular weight is 353 g/mol. The fourth-order valence-electron chi connectivity index (χ4n) is 1.93. The van der Waals surface area contributed by atoms with Crippen molar-refractivity contribution in [2.24, 2.45) is 0 Å². The lowest BCUT2D eigenvalue weighted by molar-refractivity contribution is 0.479. The number of halogens is 2. The SMILES string of the molecule is Clc1ccccc1Oc1ccc(CNC2CC2)cc1Br. The molecule has 1 saturated carbocycles. The summed E-state index contributed by atoms with van der Waals surface area (Å²) in [6, 6.07) is 14.3. The summed E-state index contributed by atoms with van der Waals surface area (Å²) in [6.07, 6.45) is 2.60. The zero-order valence-electron chi connectivity index (χ0n) is 10.9. The first-order valence-electron chi connectivity index (χ1n) is 6.66.